The normalized spacial score (nSPS) is 18.4. The molecule has 0 radical (unpaired) electrons. The zero-order chi connectivity index (χ0) is 18.0. The standard InChI is InChI=1S/C18H20BrNO3S2/c1-3-13-4-7-15(8-5-13)25(21,22)20-10-11-24-18(20)14-6-9-17(23-2)16(19)12-14/h4-9,12,18H,3,10-11H2,1-2H3. The molecule has 1 aliphatic rings. The summed E-state index contributed by atoms with van der Waals surface area (Å²) < 4.78 is 33.9. The van der Waals surface area contributed by atoms with Crippen molar-refractivity contribution in [3.63, 3.8) is 0 Å². The summed E-state index contributed by atoms with van der Waals surface area (Å²) in [6.07, 6.45) is 0.891. The maximum atomic E-state index is 13.1. The summed E-state index contributed by atoms with van der Waals surface area (Å²) in [5.74, 6) is 1.51. The Morgan fingerprint density at radius 2 is 1.96 bits per heavy atom. The van der Waals surface area contributed by atoms with Crippen molar-refractivity contribution in [1.82, 2.24) is 4.31 Å². The molecule has 1 heterocycles. The SMILES string of the molecule is CCc1ccc(S(=O)(=O)N2CCSC2c2ccc(OC)c(Br)c2)cc1. The van der Waals surface area contributed by atoms with Crippen molar-refractivity contribution < 1.29 is 13.2 Å². The molecule has 0 bridgehead atoms. The number of ether oxygens (including phenoxy) is 1. The topological polar surface area (TPSA) is 46.6 Å². The van der Waals surface area contributed by atoms with Gasteiger partial charge in [-0.05, 0) is 57.7 Å². The van der Waals surface area contributed by atoms with Gasteiger partial charge in [0.05, 0.1) is 21.9 Å². The van der Waals surface area contributed by atoms with Crippen LogP contribution in [0.4, 0.5) is 0 Å². The maximum Gasteiger partial charge on any atom is 0.244 e. The first kappa shape index (κ1) is 18.8. The first-order chi connectivity index (χ1) is 12.0. The molecular formula is C18H20BrNO3S2. The van der Waals surface area contributed by atoms with Crippen LogP contribution in [0.2, 0.25) is 0 Å². The van der Waals surface area contributed by atoms with Crippen molar-refractivity contribution >= 4 is 37.7 Å². The second kappa shape index (κ2) is 7.70. The Balaban J connectivity index is 1.93. The van der Waals surface area contributed by atoms with Crippen molar-refractivity contribution in [3.8, 4) is 5.75 Å². The van der Waals surface area contributed by atoms with E-state index >= 15 is 0 Å². The highest BCUT2D eigenvalue weighted by atomic mass is 79.9. The Morgan fingerprint density at radius 3 is 2.56 bits per heavy atom. The first-order valence-corrected chi connectivity index (χ1v) is 11.3. The summed E-state index contributed by atoms with van der Waals surface area (Å²) in [6.45, 7) is 2.56. The highest BCUT2D eigenvalue weighted by Crippen LogP contribution is 2.43. The van der Waals surface area contributed by atoms with Crippen molar-refractivity contribution in [1.29, 1.82) is 0 Å². The number of methoxy groups -OCH3 is 1. The molecular weight excluding hydrogens is 422 g/mol. The van der Waals surface area contributed by atoms with Crippen LogP contribution in [0.15, 0.2) is 51.8 Å². The van der Waals surface area contributed by atoms with Gasteiger partial charge in [-0.3, -0.25) is 0 Å². The van der Waals surface area contributed by atoms with E-state index in [1.165, 1.54) is 0 Å². The summed E-state index contributed by atoms with van der Waals surface area (Å²) in [5.41, 5.74) is 2.08. The second-order valence-corrected chi connectivity index (χ2v) is 9.66. The van der Waals surface area contributed by atoms with Gasteiger partial charge in [-0.15, -0.1) is 11.8 Å². The van der Waals surface area contributed by atoms with Crippen LogP contribution in [0.3, 0.4) is 0 Å². The molecule has 0 saturated carbocycles. The molecule has 0 aliphatic carbocycles. The van der Waals surface area contributed by atoms with Gasteiger partial charge in [0.15, 0.2) is 0 Å². The number of benzene rings is 2. The van der Waals surface area contributed by atoms with Gasteiger partial charge in [-0.1, -0.05) is 25.1 Å². The van der Waals surface area contributed by atoms with Crippen LogP contribution in [-0.2, 0) is 16.4 Å². The Labute approximate surface area is 161 Å². The van der Waals surface area contributed by atoms with Gasteiger partial charge >= 0.3 is 0 Å². The zero-order valence-corrected chi connectivity index (χ0v) is 17.3. The maximum absolute atomic E-state index is 13.1. The van der Waals surface area contributed by atoms with E-state index in [-0.39, 0.29) is 5.37 Å². The molecule has 25 heavy (non-hydrogen) atoms. The average molecular weight is 442 g/mol. The number of nitrogens with zero attached hydrogens (tertiary/aromatic N) is 1. The predicted octanol–water partition coefficient (Wildman–Crippen LogP) is 4.46. The van der Waals surface area contributed by atoms with Crippen LogP contribution in [-0.4, -0.2) is 32.1 Å². The minimum absolute atomic E-state index is 0.224. The lowest BCUT2D eigenvalue weighted by atomic mass is 10.2. The fraction of sp³-hybridized carbons (Fsp3) is 0.333. The van der Waals surface area contributed by atoms with Crippen LogP contribution in [0.25, 0.3) is 0 Å². The lowest BCUT2D eigenvalue weighted by molar-refractivity contribution is 0.410. The molecule has 1 atom stereocenters. The number of thioether (sulfide) groups is 1. The molecule has 134 valence electrons. The molecule has 0 N–H and O–H groups in total. The van der Waals surface area contributed by atoms with Crippen LogP contribution in [0.5, 0.6) is 5.75 Å². The van der Waals surface area contributed by atoms with Crippen molar-refractivity contribution in [2.24, 2.45) is 0 Å². The number of rotatable bonds is 5. The van der Waals surface area contributed by atoms with Crippen molar-refractivity contribution in [3.05, 3.63) is 58.1 Å². The van der Waals surface area contributed by atoms with Gasteiger partial charge in [0, 0.05) is 12.3 Å². The molecule has 4 nitrogen and oxygen atoms in total. The number of sulfonamides is 1. The van der Waals surface area contributed by atoms with Gasteiger partial charge in [0.2, 0.25) is 10.0 Å². The molecule has 2 aromatic rings. The summed E-state index contributed by atoms with van der Waals surface area (Å²) in [5, 5.41) is -0.224. The van der Waals surface area contributed by atoms with Crippen LogP contribution >= 0.6 is 27.7 Å². The Bertz CT molecular complexity index is 853. The molecule has 1 fully saturated rings. The van der Waals surface area contributed by atoms with E-state index in [0.717, 1.165) is 33.5 Å². The molecule has 0 amide bonds. The lowest BCUT2D eigenvalue weighted by Gasteiger charge is -2.24. The van der Waals surface area contributed by atoms with Gasteiger partial charge in [0.25, 0.3) is 0 Å². The molecule has 1 aliphatic heterocycles. The van der Waals surface area contributed by atoms with E-state index < -0.39 is 10.0 Å². The minimum Gasteiger partial charge on any atom is -0.496 e. The summed E-state index contributed by atoms with van der Waals surface area (Å²) >= 11 is 5.12. The first-order valence-electron chi connectivity index (χ1n) is 8.03. The molecule has 0 spiro atoms. The highest BCUT2D eigenvalue weighted by molar-refractivity contribution is 9.10. The molecule has 1 unspecified atom stereocenters. The van der Waals surface area contributed by atoms with Gasteiger partial charge < -0.3 is 4.74 Å². The van der Waals surface area contributed by atoms with Crippen molar-refractivity contribution in [2.45, 2.75) is 23.6 Å². The van der Waals surface area contributed by atoms with Crippen LogP contribution in [0, 0.1) is 0 Å². The summed E-state index contributed by atoms with van der Waals surface area (Å²) in [7, 11) is -1.91. The highest BCUT2D eigenvalue weighted by Gasteiger charge is 2.37. The van der Waals surface area contributed by atoms with Crippen molar-refractivity contribution in [2.75, 3.05) is 19.4 Å². The third-order valence-corrected chi connectivity index (χ3v) is 8.14. The Hall–Kier alpha value is -1.02. The molecule has 0 aromatic heterocycles. The van der Waals surface area contributed by atoms with E-state index in [0.29, 0.717) is 11.4 Å². The monoisotopic (exact) mass is 441 g/mol. The molecule has 2 aromatic carbocycles. The Kier molecular flexibility index (Phi) is 5.78. The van der Waals surface area contributed by atoms with Gasteiger partial charge in [-0.2, -0.15) is 4.31 Å². The third kappa shape index (κ3) is 3.74. The Morgan fingerprint density at radius 1 is 1.24 bits per heavy atom. The van der Waals surface area contributed by atoms with E-state index in [1.807, 2.05) is 30.3 Å². The average Bonchev–Trinajstić information content (AvgIpc) is 3.12. The third-order valence-electron chi connectivity index (χ3n) is 4.25. The zero-order valence-electron chi connectivity index (χ0n) is 14.1. The fourth-order valence-electron chi connectivity index (χ4n) is 2.83. The van der Waals surface area contributed by atoms with E-state index in [9.17, 15) is 8.42 Å². The fourth-order valence-corrected chi connectivity index (χ4v) is 6.62. The lowest BCUT2D eigenvalue weighted by Crippen LogP contribution is -2.30. The summed E-state index contributed by atoms with van der Waals surface area (Å²) in [4.78, 5) is 0.352. The largest absolute Gasteiger partial charge is 0.496 e. The van der Waals surface area contributed by atoms with Gasteiger partial charge in [-0.25, -0.2) is 8.42 Å². The second-order valence-electron chi connectivity index (χ2n) is 5.73. The smallest absolute Gasteiger partial charge is 0.244 e. The van der Waals surface area contributed by atoms with Gasteiger partial charge in [0.1, 0.15) is 5.75 Å². The molecule has 1 saturated heterocycles. The summed E-state index contributed by atoms with van der Waals surface area (Å²) in [6, 6.07) is 12.9. The van der Waals surface area contributed by atoms with E-state index in [2.05, 4.69) is 22.9 Å². The number of hydrogen-bond donors (Lipinski definition) is 0. The molecule has 7 heteroatoms. The minimum atomic E-state index is -3.52. The number of aryl methyl sites for hydroxylation is 1. The quantitative estimate of drug-likeness (QED) is 0.686. The van der Waals surface area contributed by atoms with E-state index in [1.54, 1.807) is 35.3 Å². The van der Waals surface area contributed by atoms with Crippen LogP contribution in [0.1, 0.15) is 23.4 Å². The van der Waals surface area contributed by atoms with E-state index in [4.69, 9.17) is 4.74 Å². The molecule has 3 rings (SSSR count). The number of halogens is 1. The predicted molar refractivity (Wildman–Crippen MR) is 106 cm³/mol. The van der Waals surface area contributed by atoms with Crippen LogP contribution < -0.4 is 4.74 Å². The number of hydrogen-bond acceptors (Lipinski definition) is 4.